The van der Waals surface area contributed by atoms with Crippen LogP contribution in [0.2, 0.25) is 0 Å². The number of nitrogens with one attached hydrogen (secondary N) is 1. The average molecular weight is 353 g/mol. The van der Waals surface area contributed by atoms with E-state index in [4.69, 9.17) is 16.3 Å². The van der Waals surface area contributed by atoms with Crippen LogP contribution in [-0.2, 0) is 9.59 Å². The second-order valence-corrected chi connectivity index (χ2v) is 7.02. The van der Waals surface area contributed by atoms with Crippen molar-refractivity contribution in [2.24, 2.45) is 5.41 Å². The molecule has 0 aliphatic carbocycles. The van der Waals surface area contributed by atoms with Crippen LogP contribution in [0.25, 0.3) is 0 Å². The zero-order valence-electron chi connectivity index (χ0n) is 14.3. The fourth-order valence-corrected chi connectivity index (χ4v) is 2.76. The summed E-state index contributed by atoms with van der Waals surface area (Å²) in [6, 6.07) is 9.34. The van der Waals surface area contributed by atoms with Crippen LogP contribution in [0.3, 0.4) is 0 Å². The minimum absolute atomic E-state index is 0.00242. The molecule has 0 spiro atoms. The predicted octanol–water partition coefficient (Wildman–Crippen LogP) is 2.44. The zero-order valence-corrected chi connectivity index (χ0v) is 15.0. The number of nitrogens with zero attached hydrogens (tertiary/aromatic N) is 1. The molecule has 0 atom stereocenters. The fraction of sp³-hybridized carbons (Fsp3) is 0.556. The molecule has 1 saturated heterocycles. The summed E-state index contributed by atoms with van der Waals surface area (Å²) in [6.07, 6.45) is 1.50. The SMILES string of the molecule is CC(C)(CCl)C(=O)N1CCC(NC(=O)COc2ccccc2)CC1. The molecule has 1 aromatic rings. The molecule has 0 saturated carbocycles. The van der Waals surface area contributed by atoms with E-state index in [1.807, 2.05) is 49.1 Å². The topological polar surface area (TPSA) is 58.6 Å². The van der Waals surface area contributed by atoms with Gasteiger partial charge >= 0.3 is 0 Å². The largest absolute Gasteiger partial charge is 0.484 e. The van der Waals surface area contributed by atoms with Crippen LogP contribution in [0.5, 0.6) is 5.75 Å². The molecule has 1 aliphatic heterocycles. The van der Waals surface area contributed by atoms with Crippen molar-refractivity contribution in [2.45, 2.75) is 32.7 Å². The molecule has 0 radical (unpaired) electrons. The lowest BCUT2D eigenvalue weighted by Gasteiger charge is -2.36. The van der Waals surface area contributed by atoms with Gasteiger partial charge in [0.15, 0.2) is 6.61 Å². The van der Waals surface area contributed by atoms with Crippen LogP contribution in [0.15, 0.2) is 30.3 Å². The average Bonchev–Trinajstić information content (AvgIpc) is 2.61. The number of rotatable bonds is 6. The lowest BCUT2D eigenvalue weighted by molar-refractivity contribution is -0.140. The highest BCUT2D eigenvalue weighted by atomic mass is 35.5. The van der Waals surface area contributed by atoms with Crippen LogP contribution in [0.1, 0.15) is 26.7 Å². The summed E-state index contributed by atoms with van der Waals surface area (Å²) in [6.45, 7) is 5.00. The van der Waals surface area contributed by atoms with E-state index >= 15 is 0 Å². The third-order valence-electron chi connectivity index (χ3n) is 4.17. The van der Waals surface area contributed by atoms with E-state index in [1.54, 1.807) is 0 Å². The summed E-state index contributed by atoms with van der Waals surface area (Å²) >= 11 is 5.87. The van der Waals surface area contributed by atoms with Gasteiger partial charge in [-0.15, -0.1) is 11.6 Å². The molecule has 1 heterocycles. The van der Waals surface area contributed by atoms with Crippen LogP contribution < -0.4 is 10.1 Å². The van der Waals surface area contributed by atoms with Gasteiger partial charge in [-0.05, 0) is 38.8 Å². The van der Waals surface area contributed by atoms with Crippen molar-refractivity contribution in [3.05, 3.63) is 30.3 Å². The third-order valence-corrected chi connectivity index (χ3v) is 4.84. The van der Waals surface area contributed by atoms with Crippen LogP contribution in [0.4, 0.5) is 0 Å². The van der Waals surface area contributed by atoms with Gasteiger partial charge in [-0.1, -0.05) is 18.2 Å². The molecule has 1 N–H and O–H groups in total. The third kappa shape index (κ3) is 5.13. The molecule has 1 fully saturated rings. The Labute approximate surface area is 148 Å². The Morgan fingerprint density at radius 1 is 1.25 bits per heavy atom. The van der Waals surface area contributed by atoms with Gasteiger partial charge in [0, 0.05) is 25.0 Å². The minimum atomic E-state index is -0.541. The molecule has 0 bridgehead atoms. The first-order valence-electron chi connectivity index (χ1n) is 8.25. The summed E-state index contributed by atoms with van der Waals surface area (Å²) in [4.78, 5) is 26.2. The zero-order chi connectivity index (χ0) is 17.6. The van der Waals surface area contributed by atoms with Crippen molar-refractivity contribution in [3.63, 3.8) is 0 Å². The molecule has 132 valence electrons. The van der Waals surface area contributed by atoms with Crippen molar-refractivity contribution < 1.29 is 14.3 Å². The number of hydrogen-bond acceptors (Lipinski definition) is 3. The number of amides is 2. The number of hydrogen-bond donors (Lipinski definition) is 1. The molecule has 6 heteroatoms. The number of carbonyl (C=O) groups is 2. The molecule has 2 amide bonds. The monoisotopic (exact) mass is 352 g/mol. The second kappa shape index (κ2) is 8.38. The number of benzene rings is 1. The van der Waals surface area contributed by atoms with Crippen molar-refractivity contribution in [2.75, 3.05) is 25.6 Å². The lowest BCUT2D eigenvalue weighted by Crippen LogP contribution is -2.50. The fourth-order valence-electron chi connectivity index (χ4n) is 2.65. The van der Waals surface area contributed by atoms with Crippen molar-refractivity contribution >= 4 is 23.4 Å². The summed E-state index contributed by atoms with van der Waals surface area (Å²) in [7, 11) is 0. The first kappa shape index (κ1) is 18.6. The Morgan fingerprint density at radius 3 is 2.46 bits per heavy atom. The van der Waals surface area contributed by atoms with Crippen LogP contribution >= 0.6 is 11.6 Å². The van der Waals surface area contributed by atoms with Gasteiger partial charge in [0.25, 0.3) is 5.91 Å². The van der Waals surface area contributed by atoms with Crippen molar-refractivity contribution in [3.8, 4) is 5.75 Å². The van der Waals surface area contributed by atoms with E-state index in [1.165, 1.54) is 0 Å². The standard InChI is InChI=1S/C18H25ClN2O3/c1-18(2,13-19)17(23)21-10-8-14(9-11-21)20-16(22)12-24-15-6-4-3-5-7-15/h3-7,14H,8-13H2,1-2H3,(H,20,22). The number of halogens is 1. The summed E-state index contributed by atoms with van der Waals surface area (Å²) in [5, 5.41) is 2.97. The number of ether oxygens (including phenoxy) is 1. The molecule has 24 heavy (non-hydrogen) atoms. The smallest absolute Gasteiger partial charge is 0.258 e. The maximum Gasteiger partial charge on any atom is 0.258 e. The first-order chi connectivity index (χ1) is 11.4. The van der Waals surface area contributed by atoms with Crippen molar-refractivity contribution in [1.82, 2.24) is 10.2 Å². The maximum absolute atomic E-state index is 12.4. The quantitative estimate of drug-likeness (QED) is 0.800. The number of carbonyl (C=O) groups excluding carboxylic acids is 2. The summed E-state index contributed by atoms with van der Waals surface area (Å²) in [5.41, 5.74) is -0.541. The number of piperidine rings is 1. The molecule has 2 rings (SSSR count). The summed E-state index contributed by atoms with van der Waals surface area (Å²) in [5.74, 6) is 0.926. The van der Waals surface area contributed by atoms with Gasteiger partial charge in [0.2, 0.25) is 5.91 Å². The highest BCUT2D eigenvalue weighted by Crippen LogP contribution is 2.23. The Hall–Kier alpha value is -1.75. The van der Waals surface area contributed by atoms with E-state index < -0.39 is 5.41 Å². The van der Waals surface area contributed by atoms with E-state index in [9.17, 15) is 9.59 Å². The number of para-hydroxylation sites is 1. The van der Waals surface area contributed by atoms with E-state index in [-0.39, 0.29) is 24.5 Å². The summed E-state index contributed by atoms with van der Waals surface area (Å²) < 4.78 is 5.44. The molecule has 0 unspecified atom stereocenters. The number of likely N-dealkylation sites (tertiary alicyclic amines) is 1. The molecule has 5 nitrogen and oxygen atoms in total. The Morgan fingerprint density at radius 2 is 1.88 bits per heavy atom. The maximum atomic E-state index is 12.4. The van der Waals surface area contributed by atoms with Gasteiger partial charge in [-0.3, -0.25) is 9.59 Å². The van der Waals surface area contributed by atoms with Crippen LogP contribution in [-0.4, -0.2) is 48.3 Å². The predicted molar refractivity (Wildman–Crippen MR) is 94.2 cm³/mol. The Balaban J connectivity index is 1.73. The number of alkyl halides is 1. The minimum Gasteiger partial charge on any atom is -0.484 e. The molecular formula is C18H25ClN2O3. The molecule has 1 aliphatic rings. The highest BCUT2D eigenvalue weighted by molar-refractivity contribution is 6.19. The van der Waals surface area contributed by atoms with E-state index in [0.29, 0.717) is 24.7 Å². The van der Waals surface area contributed by atoms with Gasteiger partial charge in [0.1, 0.15) is 5.75 Å². The highest BCUT2D eigenvalue weighted by Gasteiger charge is 2.33. The normalized spacial score (nSPS) is 15.9. The van der Waals surface area contributed by atoms with Crippen molar-refractivity contribution in [1.29, 1.82) is 0 Å². The first-order valence-corrected chi connectivity index (χ1v) is 8.78. The Bertz CT molecular complexity index is 555. The van der Waals surface area contributed by atoms with Gasteiger partial charge < -0.3 is 15.0 Å². The van der Waals surface area contributed by atoms with Crippen LogP contribution in [0, 0.1) is 5.41 Å². The van der Waals surface area contributed by atoms with E-state index in [0.717, 1.165) is 12.8 Å². The molecular weight excluding hydrogens is 328 g/mol. The second-order valence-electron chi connectivity index (χ2n) is 6.75. The van der Waals surface area contributed by atoms with Gasteiger partial charge in [0.05, 0.1) is 5.41 Å². The lowest BCUT2D eigenvalue weighted by atomic mass is 9.92. The molecule has 0 aromatic heterocycles. The molecule has 1 aromatic carbocycles. The van der Waals surface area contributed by atoms with Gasteiger partial charge in [-0.25, -0.2) is 0 Å². The van der Waals surface area contributed by atoms with Gasteiger partial charge in [-0.2, -0.15) is 0 Å². The Kier molecular flexibility index (Phi) is 6.49. The van der Waals surface area contributed by atoms with E-state index in [2.05, 4.69) is 5.32 Å².